The number of aromatic nitrogens is 1. The summed E-state index contributed by atoms with van der Waals surface area (Å²) >= 11 is 0. The van der Waals surface area contributed by atoms with Gasteiger partial charge >= 0.3 is 0 Å². The Labute approximate surface area is 94.7 Å². The molecule has 2 rings (SSSR count). The molecule has 1 aliphatic rings. The molecule has 86 valence electrons. The van der Waals surface area contributed by atoms with Crippen LogP contribution in [-0.4, -0.2) is 22.5 Å². The summed E-state index contributed by atoms with van der Waals surface area (Å²) in [5.41, 5.74) is 0.669. The molecule has 1 aromatic rings. The van der Waals surface area contributed by atoms with E-state index in [0.717, 1.165) is 0 Å². The van der Waals surface area contributed by atoms with Crippen LogP contribution in [0.3, 0.4) is 0 Å². The van der Waals surface area contributed by atoms with Crippen molar-refractivity contribution in [1.82, 2.24) is 10.3 Å². The van der Waals surface area contributed by atoms with Crippen LogP contribution in [0.15, 0.2) is 18.5 Å². The van der Waals surface area contributed by atoms with Gasteiger partial charge in [-0.2, -0.15) is 0 Å². The highest BCUT2D eigenvalue weighted by Crippen LogP contribution is 2.39. The molecule has 0 bridgehead atoms. The predicted octanol–water partition coefficient (Wildman–Crippen LogP) is 1.71. The van der Waals surface area contributed by atoms with Gasteiger partial charge in [0, 0.05) is 12.7 Å². The van der Waals surface area contributed by atoms with Gasteiger partial charge in [-0.15, -0.1) is 0 Å². The summed E-state index contributed by atoms with van der Waals surface area (Å²) in [7, 11) is 0. The van der Waals surface area contributed by atoms with Crippen LogP contribution in [0.25, 0.3) is 0 Å². The Bertz CT molecular complexity index is 400. The van der Waals surface area contributed by atoms with Crippen LogP contribution >= 0.6 is 0 Å². The highest BCUT2D eigenvalue weighted by molar-refractivity contribution is 5.94. The van der Waals surface area contributed by atoms with Crippen molar-refractivity contribution in [3.8, 4) is 5.75 Å². The van der Waals surface area contributed by atoms with E-state index < -0.39 is 0 Å². The molecule has 0 spiro atoms. The van der Waals surface area contributed by atoms with E-state index in [1.165, 1.54) is 37.7 Å². The topological polar surface area (TPSA) is 62.2 Å². The second kappa shape index (κ2) is 4.12. The lowest BCUT2D eigenvalue weighted by Crippen LogP contribution is -2.39. The molecule has 16 heavy (non-hydrogen) atoms. The lowest BCUT2D eigenvalue weighted by Gasteiger charge is -2.38. The van der Waals surface area contributed by atoms with E-state index in [9.17, 15) is 9.90 Å². The molecule has 0 aromatic carbocycles. The van der Waals surface area contributed by atoms with Gasteiger partial charge in [0.15, 0.2) is 0 Å². The van der Waals surface area contributed by atoms with Crippen molar-refractivity contribution in [3.05, 3.63) is 24.0 Å². The molecule has 1 heterocycles. The average molecular weight is 220 g/mol. The summed E-state index contributed by atoms with van der Waals surface area (Å²) in [5, 5.41) is 12.1. The smallest absolute Gasteiger partial charge is 0.253 e. The Morgan fingerprint density at radius 2 is 2.31 bits per heavy atom. The number of amides is 1. The molecule has 1 fully saturated rings. The van der Waals surface area contributed by atoms with Gasteiger partial charge in [0.2, 0.25) is 0 Å². The molecular weight excluding hydrogens is 204 g/mol. The molecule has 4 heteroatoms. The lowest BCUT2D eigenvalue weighted by molar-refractivity contribution is 0.0890. The normalized spacial score (nSPS) is 17.6. The SMILES string of the molecule is CC1(CNC(=O)c2cncc(O)c2)CCC1. The summed E-state index contributed by atoms with van der Waals surface area (Å²) in [6.07, 6.45) is 6.36. The minimum absolute atomic E-state index is 0.0162. The third kappa shape index (κ3) is 2.32. The quantitative estimate of drug-likeness (QED) is 0.815. The molecule has 0 radical (unpaired) electrons. The largest absolute Gasteiger partial charge is 0.506 e. The molecule has 1 aromatic heterocycles. The molecule has 0 unspecified atom stereocenters. The third-order valence-electron chi connectivity index (χ3n) is 3.22. The Morgan fingerprint density at radius 1 is 1.56 bits per heavy atom. The number of carbonyl (C=O) groups is 1. The van der Waals surface area contributed by atoms with Crippen molar-refractivity contribution in [2.45, 2.75) is 26.2 Å². The summed E-state index contributed by atoms with van der Waals surface area (Å²) < 4.78 is 0. The number of aromatic hydroxyl groups is 1. The van der Waals surface area contributed by atoms with Crippen molar-refractivity contribution in [2.75, 3.05) is 6.54 Å². The van der Waals surface area contributed by atoms with Crippen LogP contribution < -0.4 is 5.32 Å². The van der Waals surface area contributed by atoms with Gasteiger partial charge in [-0.05, 0) is 24.3 Å². The van der Waals surface area contributed by atoms with Gasteiger partial charge in [-0.3, -0.25) is 9.78 Å². The fraction of sp³-hybridized carbons (Fsp3) is 0.500. The van der Waals surface area contributed by atoms with E-state index in [-0.39, 0.29) is 17.1 Å². The second-order valence-corrected chi connectivity index (χ2v) is 4.78. The van der Waals surface area contributed by atoms with Crippen molar-refractivity contribution in [3.63, 3.8) is 0 Å². The number of nitrogens with one attached hydrogen (secondary N) is 1. The fourth-order valence-corrected chi connectivity index (χ4v) is 1.90. The number of nitrogens with zero attached hydrogens (tertiary/aromatic N) is 1. The van der Waals surface area contributed by atoms with Crippen LogP contribution in [-0.2, 0) is 0 Å². The Hall–Kier alpha value is -1.58. The van der Waals surface area contributed by atoms with Crippen LogP contribution in [0.5, 0.6) is 5.75 Å². The van der Waals surface area contributed by atoms with Crippen LogP contribution in [0.4, 0.5) is 0 Å². The monoisotopic (exact) mass is 220 g/mol. The Morgan fingerprint density at radius 3 is 2.88 bits per heavy atom. The summed E-state index contributed by atoms with van der Waals surface area (Å²) in [6.45, 7) is 2.87. The average Bonchev–Trinajstić information content (AvgIpc) is 2.23. The summed E-state index contributed by atoms with van der Waals surface area (Å²) in [5.74, 6) is -0.154. The standard InChI is InChI=1S/C12H16N2O2/c1-12(3-2-4-12)8-14-11(16)9-5-10(15)7-13-6-9/h5-7,15H,2-4,8H2,1H3,(H,14,16). The van der Waals surface area contributed by atoms with Gasteiger partial charge in [0.05, 0.1) is 11.8 Å². The predicted molar refractivity (Wildman–Crippen MR) is 60.2 cm³/mol. The summed E-state index contributed by atoms with van der Waals surface area (Å²) in [6, 6.07) is 1.42. The minimum atomic E-state index is -0.170. The first kappa shape index (κ1) is 10.9. The van der Waals surface area contributed by atoms with E-state index >= 15 is 0 Å². The Balaban J connectivity index is 1.93. The van der Waals surface area contributed by atoms with Crippen molar-refractivity contribution >= 4 is 5.91 Å². The molecule has 1 saturated carbocycles. The molecular formula is C12H16N2O2. The third-order valence-corrected chi connectivity index (χ3v) is 3.22. The molecule has 2 N–H and O–H groups in total. The van der Waals surface area contributed by atoms with Crippen molar-refractivity contribution < 1.29 is 9.90 Å². The van der Waals surface area contributed by atoms with Crippen LogP contribution in [0.1, 0.15) is 36.5 Å². The number of pyridine rings is 1. The Kier molecular flexibility index (Phi) is 2.81. The van der Waals surface area contributed by atoms with E-state index in [2.05, 4.69) is 17.2 Å². The van der Waals surface area contributed by atoms with Gasteiger partial charge < -0.3 is 10.4 Å². The molecule has 0 aliphatic heterocycles. The second-order valence-electron chi connectivity index (χ2n) is 4.78. The molecule has 0 saturated heterocycles. The van der Waals surface area contributed by atoms with Gasteiger partial charge in [-0.25, -0.2) is 0 Å². The highest BCUT2D eigenvalue weighted by atomic mass is 16.3. The fourth-order valence-electron chi connectivity index (χ4n) is 1.90. The summed E-state index contributed by atoms with van der Waals surface area (Å²) in [4.78, 5) is 15.5. The van der Waals surface area contributed by atoms with E-state index in [4.69, 9.17) is 0 Å². The van der Waals surface area contributed by atoms with Crippen LogP contribution in [0, 0.1) is 5.41 Å². The maximum Gasteiger partial charge on any atom is 0.253 e. The first-order chi connectivity index (χ1) is 7.59. The van der Waals surface area contributed by atoms with E-state index in [0.29, 0.717) is 12.1 Å². The van der Waals surface area contributed by atoms with Crippen LogP contribution in [0.2, 0.25) is 0 Å². The molecule has 4 nitrogen and oxygen atoms in total. The minimum Gasteiger partial charge on any atom is -0.506 e. The highest BCUT2D eigenvalue weighted by Gasteiger charge is 2.31. The first-order valence-corrected chi connectivity index (χ1v) is 5.51. The molecule has 1 aliphatic carbocycles. The molecule has 0 atom stereocenters. The zero-order valence-electron chi connectivity index (χ0n) is 9.36. The number of rotatable bonds is 3. The van der Waals surface area contributed by atoms with E-state index in [1.54, 1.807) is 0 Å². The molecule has 1 amide bonds. The zero-order valence-corrected chi connectivity index (χ0v) is 9.36. The maximum atomic E-state index is 11.7. The maximum absolute atomic E-state index is 11.7. The number of carbonyl (C=O) groups excluding carboxylic acids is 1. The van der Waals surface area contributed by atoms with Crippen molar-refractivity contribution in [2.24, 2.45) is 5.41 Å². The van der Waals surface area contributed by atoms with Crippen molar-refractivity contribution in [1.29, 1.82) is 0 Å². The van der Waals surface area contributed by atoms with E-state index in [1.807, 2.05) is 0 Å². The van der Waals surface area contributed by atoms with Gasteiger partial charge in [0.1, 0.15) is 5.75 Å². The van der Waals surface area contributed by atoms with Gasteiger partial charge in [-0.1, -0.05) is 13.3 Å². The number of hydrogen-bond acceptors (Lipinski definition) is 3. The number of hydrogen-bond donors (Lipinski definition) is 2. The van der Waals surface area contributed by atoms with Gasteiger partial charge in [0.25, 0.3) is 5.91 Å². The lowest BCUT2D eigenvalue weighted by atomic mass is 9.70. The zero-order chi connectivity index (χ0) is 11.6. The first-order valence-electron chi connectivity index (χ1n) is 5.51.